The van der Waals surface area contributed by atoms with Gasteiger partial charge in [0.2, 0.25) is 0 Å². The lowest BCUT2D eigenvalue weighted by Crippen LogP contribution is -2.22. The van der Waals surface area contributed by atoms with Crippen LogP contribution in [0.1, 0.15) is 55.7 Å². The number of phenolic OH excluding ortho intramolecular Hbond substituents is 1. The minimum absolute atomic E-state index is 0.258. The van der Waals surface area contributed by atoms with Gasteiger partial charge in [-0.05, 0) is 96.6 Å². The van der Waals surface area contributed by atoms with E-state index in [4.69, 9.17) is 15.2 Å². The number of hydrogen-bond acceptors (Lipinski definition) is 5. The molecule has 0 aliphatic heterocycles. The van der Waals surface area contributed by atoms with Crippen LogP contribution >= 0.6 is 0 Å². The fraction of sp³-hybridized carbons (Fsp3) is 0.355. The van der Waals surface area contributed by atoms with Gasteiger partial charge in [0, 0.05) is 6.54 Å². The first-order valence-corrected chi connectivity index (χ1v) is 13.0. The molecule has 0 spiro atoms. The number of nitrogens with one attached hydrogen (secondary N) is 1. The van der Waals surface area contributed by atoms with Crippen molar-refractivity contribution in [3.63, 3.8) is 0 Å². The van der Waals surface area contributed by atoms with Crippen LogP contribution in [0.5, 0.6) is 17.2 Å². The lowest BCUT2D eigenvalue weighted by molar-refractivity contribution is 0.313. The van der Waals surface area contributed by atoms with Gasteiger partial charge >= 0.3 is 0 Å². The monoisotopic (exact) mass is 488 g/mol. The van der Waals surface area contributed by atoms with Crippen LogP contribution in [0.3, 0.4) is 0 Å². The van der Waals surface area contributed by atoms with E-state index < -0.39 is 0 Å². The van der Waals surface area contributed by atoms with Crippen molar-refractivity contribution in [3.05, 3.63) is 89.5 Å². The van der Waals surface area contributed by atoms with Gasteiger partial charge in [-0.25, -0.2) is 0 Å². The maximum absolute atomic E-state index is 9.84. The number of rotatable bonds is 15. The second-order valence-corrected chi connectivity index (χ2v) is 8.81. The van der Waals surface area contributed by atoms with Crippen molar-refractivity contribution in [2.45, 2.75) is 39.0 Å². The van der Waals surface area contributed by atoms with Crippen molar-refractivity contribution in [2.75, 3.05) is 33.4 Å². The summed E-state index contributed by atoms with van der Waals surface area (Å²) in [5.74, 6) is 1.95. The van der Waals surface area contributed by atoms with Gasteiger partial charge in [-0.15, -0.1) is 0 Å². The zero-order valence-electron chi connectivity index (χ0n) is 21.6. The van der Waals surface area contributed by atoms with Gasteiger partial charge in [-0.3, -0.25) is 0 Å². The van der Waals surface area contributed by atoms with Crippen molar-refractivity contribution >= 4 is 11.1 Å². The first kappa shape index (κ1) is 27.3. The van der Waals surface area contributed by atoms with Crippen LogP contribution in [0.2, 0.25) is 0 Å². The number of benzene rings is 3. The molecule has 0 radical (unpaired) electrons. The minimum atomic E-state index is 0.258. The lowest BCUT2D eigenvalue weighted by atomic mass is 9.88. The van der Waals surface area contributed by atoms with Crippen molar-refractivity contribution in [3.8, 4) is 17.2 Å². The highest BCUT2D eigenvalue weighted by Gasteiger charge is 2.14. The van der Waals surface area contributed by atoms with Crippen LogP contribution in [0.25, 0.3) is 11.1 Å². The Morgan fingerprint density at radius 2 is 1.33 bits per heavy atom. The molecule has 0 aliphatic carbocycles. The molecule has 36 heavy (non-hydrogen) atoms. The van der Waals surface area contributed by atoms with Gasteiger partial charge in [0.1, 0.15) is 23.9 Å². The predicted octanol–water partition coefficient (Wildman–Crippen LogP) is 6.26. The minimum Gasteiger partial charge on any atom is -0.508 e. The molecule has 5 heteroatoms. The summed E-state index contributed by atoms with van der Waals surface area (Å²) < 4.78 is 11.3. The van der Waals surface area contributed by atoms with Gasteiger partial charge in [-0.1, -0.05) is 56.2 Å². The highest BCUT2D eigenvalue weighted by molar-refractivity contribution is 5.98. The molecule has 0 bridgehead atoms. The van der Waals surface area contributed by atoms with Gasteiger partial charge in [0.05, 0.1) is 7.11 Å². The molecule has 3 aromatic rings. The van der Waals surface area contributed by atoms with Crippen LogP contribution in [0.15, 0.2) is 72.8 Å². The summed E-state index contributed by atoms with van der Waals surface area (Å²) in [5.41, 5.74) is 11.2. The fourth-order valence-corrected chi connectivity index (χ4v) is 4.29. The van der Waals surface area contributed by atoms with Gasteiger partial charge in [-0.2, -0.15) is 0 Å². The molecule has 0 amide bonds. The summed E-state index contributed by atoms with van der Waals surface area (Å²) >= 11 is 0. The number of methoxy groups -OCH3 is 1. The van der Waals surface area contributed by atoms with Gasteiger partial charge in [0.15, 0.2) is 0 Å². The van der Waals surface area contributed by atoms with Crippen molar-refractivity contribution < 1.29 is 14.6 Å². The first-order chi connectivity index (χ1) is 17.7. The zero-order valence-corrected chi connectivity index (χ0v) is 21.6. The maximum atomic E-state index is 9.84. The number of allylic oxidation sites excluding steroid dienone is 1. The van der Waals surface area contributed by atoms with Crippen molar-refractivity contribution in [2.24, 2.45) is 5.73 Å². The average molecular weight is 489 g/mol. The Hall–Kier alpha value is -3.28. The summed E-state index contributed by atoms with van der Waals surface area (Å²) in [6, 6.07) is 23.9. The summed E-state index contributed by atoms with van der Waals surface area (Å²) in [6.45, 7) is 5.43. The van der Waals surface area contributed by atoms with E-state index in [0.717, 1.165) is 66.2 Å². The van der Waals surface area contributed by atoms with Crippen LogP contribution < -0.4 is 20.5 Å². The smallest absolute Gasteiger partial charge is 0.119 e. The van der Waals surface area contributed by atoms with Gasteiger partial charge in [0.25, 0.3) is 0 Å². The topological polar surface area (TPSA) is 76.7 Å². The Morgan fingerprint density at radius 1 is 0.750 bits per heavy atom. The number of hydrogen-bond donors (Lipinski definition) is 3. The van der Waals surface area contributed by atoms with E-state index in [9.17, 15) is 5.11 Å². The molecule has 3 rings (SSSR count). The highest BCUT2D eigenvalue weighted by Crippen LogP contribution is 2.36. The molecule has 4 N–H and O–H groups in total. The zero-order chi connectivity index (χ0) is 25.6. The molecule has 192 valence electrons. The first-order valence-electron chi connectivity index (χ1n) is 13.0. The van der Waals surface area contributed by atoms with Crippen LogP contribution in [-0.4, -0.2) is 38.5 Å². The largest absolute Gasteiger partial charge is 0.508 e. The molecule has 5 nitrogen and oxygen atoms in total. The molecule has 0 atom stereocenters. The summed E-state index contributed by atoms with van der Waals surface area (Å²) in [6.07, 6.45) is 5.58. The molecule has 0 saturated heterocycles. The molecule has 0 aromatic heterocycles. The van der Waals surface area contributed by atoms with Crippen LogP contribution in [0.4, 0.5) is 0 Å². The van der Waals surface area contributed by atoms with E-state index in [0.29, 0.717) is 6.61 Å². The second-order valence-electron chi connectivity index (χ2n) is 8.81. The van der Waals surface area contributed by atoms with Crippen molar-refractivity contribution in [1.82, 2.24) is 5.32 Å². The maximum Gasteiger partial charge on any atom is 0.119 e. The van der Waals surface area contributed by atoms with Crippen molar-refractivity contribution in [1.29, 1.82) is 0 Å². The molecule has 0 fully saturated rings. The van der Waals surface area contributed by atoms with E-state index in [1.54, 1.807) is 19.2 Å². The normalized spacial score (nSPS) is 11.8. The second kappa shape index (κ2) is 15.0. The predicted molar refractivity (Wildman–Crippen MR) is 150 cm³/mol. The van der Waals surface area contributed by atoms with Gasteiger partial charge < -0.3 is 25.6 Å². The SMILES string of the molecule is CCC(=C(c1ccc(O)cc1)c1ccc(OCCNCCCCCCN)cc1)c1ccc(OC)cc1. The third kappa shape index (κ3) is 8.14. The lowest BCUT2D eigenvalue weighted by Gasteiger charge is -2.17. The summed E-state index contributed by atoms with van der Waals surface area (Å²) in [4.78, 5) is 0. The number of aromatic hydroxyl groups is 1. The third-order valence-corrected chi connectivity index (χ3v) is 6.25. The molecule has 3 aromatic carbocycles. The molecule has 0 unspecified atom stereocenters. The summed E-state index contributed by atoms with van der Waals surface area (Å²) in [5, 5.41) is 13.3. The number of nitrogens with two attached hydrogens (primary N) is 1. The molecular formula is C31H40N2O3. The standard InChI is InChI=1S/C31H40N2O3/c1-3-30(24-10-16-28(35-2)17-11-24)31(25-8-14-27(34)15-9-25)26-12-18-29(19-13-26)36-23-22-33-21-7-5-4-6-20-32/h8-19,33-34H,3-7,20-23,32H2,1-2H3. The van der Waals surface area contributed by atoms with E-state index in [1.807, 2.05) is 36.4 Å². The molecule has 0 heterocycles. The fourth-order valence-electron chi connectivity index (χ4n) is 4.29. The molecule has 0 saturated carbocycles. The van der Waals surface area contributed by atoms with Crippen LogP contribution in [0, 0.1) is 0 Å². The highest BCUT2D eigenvalue weighted by atomic mass is 16.5. The van der Waals surface area contributed by atoms with E-state index >= 15 is 0 Å². The summed E-state index contributed by atoms with van der Waals surface area (Å²) in [7, 11) is 1.68. The number of phenols is 1. The number of ether oxygens (including phenoxy) is 2. The quantitative estimate of drug-likeness (QED) is 0.174. The van der Waals surface area contributed by atoms with Crippen LogP contribution in [-0.2, 0) is 0 Å². The molecule has 0 aliphatic rings. The van der Waals surface area contributed by atoms with E-state index in [2.05, 4.69) is 36.5 Å². The number of unbranched alkanes of at least 4 members (excludes halogenated alkanes) is 3. The average Bonchev–Trinajstić information content (AvgIpc) is 2.92. The Kier molecular flexibility index (Phi) is 11.4. The third-order valence-electron chi connectivity index (χ3n) is 6.25. The van der Waals surface area contributed by atoms with E-state index in [-0.39, 0.29) is 5.75 Å². The Balaban J connectivity index is 1.72. The molecular weight excluding hydrogens is 448 g/mol. The van der Waals surface area contributed by atoms with E-state index in [1.165, 1.54) is 24.8 Å². The Morgan fingerprint density at radius 3 is 1.94 bits per heavy atom. The Labute approximate surface area is 216 Å². The Bertz CT molecular complexity index is 1060.